The van der Waals surface area contributed by atoms with Crippen molar-refractivity contribution in [2.24, 2.45) is 0 Å². The first-order valence-electron chi connectivity index (χ1n) is 28.9. The van der Waals surface area contributed by atoms with Gasteiger partial charge in [0.15, 0.2) is 6.10 Å². The summed E-state index contributed by atoms with van der Waals surface area (Å²) in [7, 11) is 1.41. The fourth-order valence-corrected chi connectivity index (χ4v) is 7.60. The number of phosphoric acid groups is 1. The highest BCUT2D eigenvalue weighted by atomic mass is 31.2. The zero-order chi connectivity index (χ0) is 55.6. The Hall–Kier alpha value is -4.63. The molecule has 0 aromatic rings. The van der Waals surface area contributed by atoms with Crippen LogP contribution in [0.2, 0.25) is 0 Å². The number of esters is 2. The van der Waals surface area contributed by atoms with Gasteiger partial charge in [-0.1, -0.05) is 210 Å². The van der Waals surface area contributed by atoms with E-state index in [0.29, 0.717) is 23.9 Å². The molecule has 76 heavy (non-hydrogen) atoms. The second-order valence-corrected chi connectivity index (χ2v) is 21.0. The average molecular weight is 1070 g/mol. The summed E-state index contributed by atoms with van der Waals surface area (Å²) in [4.78, 5) is 35.6. The van der Waals surface area contributed by atoms with Gasteiger partial charge in [-0.3, -0.25) is 18.6 Å². The van der Waals surface area contributed by atoms with Crippen LogP contribution >= 0.6 is 7.82 Å². The molecule has 426 valence electrons. The highest BCUT2D eigenvalue weighted by molar-refractivity contribution is 7.47. The van der Waals surface area contributed by atoms with E-state index in [-0.39, 0.29) is 26.1 Å². The molecule has 0 amide bonds. The lowest BCUT2D eigenvalue weighted by atomic mass is 10.1. The summed E-state index contributed by atoms with van der Waals surface area (Å²) in [6.45, 7) is 4.10. The van der Waals surface area contributed by atoms with Crippen LogP contribution in [0.3, 0.4) is 0 Å². The first-order valence-corrected chi connectivity index (χ1v) is 30.4. The number of likely N-dealkylation sites (N-methyl/N-ethyl adjacent to an activating group) is 1. The van der Waals surface area contributed by atoms with E-state index in [2.05, 4.69) is 184 Å². The van der Waals surface area contributed by atoms with Crippen molar-refractivity contribution in [3.8, 4) is 0 Å². The summed E-state index contributed by atoms with van der Waals surface area (Å²) < 4.78 is 34.4. The third-order valence-electron chi connectivity index (χ3n) is 11.2. The molecular formula is C66H105NO8P+. The Labute approximate surface area is 464 Å². The van der Waals surface area contributed by atoms with Crippen molar-refractivity contribution in [3.63, 3.8) is 0 Å². The molecule has 0 bridgehead atoms. The predicted molar refractivity (Wildman–Crippen MR) is 325 cm³/mol. The summed E-state index contributed by atoms with van der Waals surface area (Å²) in [5.74, 6) is -0.873. The number of phosphoric ester groups is 1. The van der Waals surface area contributed by atoms with Crippen molar-refractivity contribution in [1.29, 1.82) is 0 Å². The molecule has 0 saturated heterocycles. The number of quaternary nitrogens is 1. The summed E-state index contributed by atoms with van der Waals surface area (Å²) in [5, 5.41) is 0. The summed E-state index contributed by atoms with van der Waals surface area (Å²) >= 11 is 0. The molecule has 0 spiro atoms. The molecule has 0 aliphatic carbocycles. The second-order valence-electron chi connectivity index (χ2n) is 19.6. The smallest absolute Gasteiger partial charge is 0.462 e. The Kier molecular flexibility index (Phi) is 51.8. The Bertz CT molecular complexity index is 1880. The Morgan fingerprint density at radius 1 is 0.408 bits per heavy atom. The summed E-state index contributed by atoms with van der Waals surface area (Å²) in [5.41, 5.74) is 0. The largest absolute Gasteiger partial charge is 0.472 e. The van der Waals surface area contributed by atoms with Crippen molar-refractivity contribution in [1.82, 2.24) is 0 Å². The molecule has 1 N–H and O–H groups in total. The van der Waals surface area contributed by atoms with E-state index < -0.39 is 32.5 Å². The SMILES string of the molecule is CC/C=C\C/C=C\C/C=C\C/C=C\C/C=C\C/C=C\C/C=C\C/C=C\C/C=C\C/C=C\C/C=C\CCCCCC(=O)OC(COC(=O)CCCCCCC/C=C\C/C=C\C/C=C\CC)COP(=O)(O)OCC[N+](C)(C)C. The van der Waals surface area contributed by atoms with Crippen LogP contribution in [-0.4, -0.2) is 74.9 Å². The van der Waals surface area contributed by atoms with Gasteiger partial charge in [0.25, 0.3) is 0 Å². The third-order valence-corrected chi connectivity index (χ3v) is 12.2. The number of hydrogen-bond donors (Lipinski definition) is 1. The van der Waals surface area contributed by atoms with Crippen LogP contribution in [0.1, 0.15) is 181 Å². The Morgan fingerprint density at radius 3 is 1.07 bits per heavy atom. The van der Waals surface area contributed by atoms with Gasteiger partial charge in [-0.15, -0.1) is 0 Å². The van der Waals surface area contributed by atoms with E-state index in [9.17, 15) is 19.0 Å². The van der Waals surface area contributed by atoms with E-state index in [1.807, 2.05) is 21.1 Å². The molecule has 0 aliphatic heterocycles. The number of allylic oxidation sites excluding steroid dienone is 28. The molecule has 0 aliphatic rings. The number of ether oxygens (including phenoxy) is 2. The molecule has 2 atom stereocenters. The fourth-order valence-electron chi connectivity index (χ4n) is 6.86. The Morgan fingerprint density at radius 2 is 0.711 bits per heavy atom. The maximum Gasteiger partial charge on any atom is 0.472 e. The average Bonchev–Trinajstić information content (AvgIpc) is 3.38. The summed E-state index contributed by atoms with van der Waals surface area (Å²) in [6, 6.07) is 0. The minimum atomic E-state index is -4.41. The predicted octanol–water partition coefficient (Wildman–Crippen LogP) is 18.3. The molecule has 0 heterocycles. The van der Waals surface area contributed by atoms with E-state index in [4.69, 9.17) is 18.5 Å². The zero-order valence-corrected chi connectivity index (χ0v) is 49.1. The van der Waals surface area contributed by atoms with Gasteiger partial charge < -0.3 is 18.9 Å². The van der Waals surface area contributed by atoms with Crippen molar-refractivity contribution < 1.29 is 42.1 Å². The molecule has 10 heteroatoms. The first-order chi connectivity index (χ1) is 37.0. The topological polar surface area (TPSA) is 108 Å². The van der Waals surface area contributed by atoms with Gasteiger partial charge in [-0.25, -0.2) is 4.57 Å². The van der Waals surface area contributed by atoms with E-state index in [1.165, 1.54) is 0 Å². The monoisotopic (exact) mass is 1070 g/mol. The third kappa shape index (κ3) is 58.6. The molecular weight excluding hydrogens is 966 g/mol. The lowest BCUT2D eigenvalue weighted by molar-refractivity contribution is -0.870. The zero-order valence-electron chi connectivity index (χ0n) is 48.2. The molecule has 0 aromatic heterocycles. The van der Waals surface area contributed by atoms with Gasteiger partial charge in [-0.2, -0.15) is 0 Å². The number of carbonyl (C=O) groups is 2. The quantitative estimate of drug-likeness (QED) is 0.0211. The number of carbonyl (C=O) groups excluding carboxylic acids is 2. The minimum absolute atomic E-state index is 0.0117. The number of unbranched alkanes of at least 4 members (excludes halogenated alkanes) is 8. The fraction of sp³-hybridized carbons (Fsp3) is 0.545. The van der Waals surface area contributed by atoms with E-state index >= 15 is 0 Å². The van der Waals surface area contributed by atoms with Gasteiger partial charge in [0.1, 0.15) is 19.8 Å². The van der Waals surface area contributed by atoms with Crippen LogP contribution in [0, 0.1) is 0 Å². The molecule has 0 rings (SSSR count). The van der Waals surface area contributed by atoms with Gasteiger partial charge in [0.05, 0.1) is 27.7 Å². The molecule has 0 radical (unpaired) electrons. The van der Waals surface area contributed by atoms with Crippen LogP contribution in [0.25, 0.3) is 0 Å². The summed E-state index contributed by atoms with van der Waals surface area (Å²) in [6.07, 6.45) is 84.3. The lowest BCUT2D eigenvalue weighted by Crippen LogP contribution is -2.37. The maximum atomic E-state index is 12.8. The van der Waals surface area contributed by atoms with Crippen LogP contribution < -0.4 is 0 Å². The van der Waals surface area contributed by atoms with Crippen LogP contribution in [-0.2, 0) is 32.7 Å². The van der Waals surface area contributed by atoms with Crippen molar-refractivity contribution in [2.45, 2.75) is 187 Å². The number of hydrogen-bond acceptors (Lipinski definition) is 7. The van der Waals surface area contributed by atoms with Crippen LogP contribution in [0.15, 0.2) is 170 Å². The van der Waals surface area contributed by atoms with Crippen molar-refractivity contribution in [3.05, 3.63) is 170 Å². The van der Waals surface area contributed by atoms with Gasteiger partial charge in [0, 0.05) is 12.8 Å². The number of nitrogens with zero attached hydrogens (tertiary/aromatic N) is 1. The molecule has 0 fully saturated rings. The maximum absolute atomic E-state index is 12.8. The van der Waals surface area contributed by atoms with Crippen LogP contribution in [0.5, 0.6) is 0 Å². The lowest BCUT2D eigenvalue weighted by Gasteiger charge is -2.24. The minimum Gasteiger partial charge on any atom is -0.462 e. The molecule has 2 unspecified atom stereocenters. The van der Waals surface area contributed by atoms with E-state index in [0.717, 1.165) is 141 Å². The van der Waals surface area contributed by atoms with Gasteiger partial charge in [-0.05, 0) is 128 Å². The molecule has 0 aromatic carbocycles. The first kappa shape index (κ1) is 71.4. The molecule has 9 nitrogen and oxygen atoms in total. The van der Waals surface area contributed by atoms with Crippen molar-refractivity contribution in [2.75, 3.05) is 47.5 Å². The standard InChI is InChI=1S/C66H104NO8P/c1-6-8-10-12-14-16-18-20-22-23-24-25-26-27-28-29-30-31-32-33-34-35-36-37-38-39-40-41-42-43-45-47-49-51-53-55-57-59-66(69)75-64(63-74-76(70,71)73-61-60-67(3,4)5)62-72-65(68)58-56-54-52-50-48-46-44-21-19-17-15-13-11-9-7-2/h8-11,14-17,20-22,24-25,27-28,30-31,33-34,36-37,39-40,42-44,47,49,64H,6-7,12-13,18-19,23,26,29,32,35,38,41,45-46,48,50-63H2,1-5H3/p+1/b10-8-,11-9-,16-14-,17-15-,22-20-,25-24-,28-27-,31-30-,34-33-,37-36-,40-39-,43-42-,44-21-,49-47-. The number of rotatable bonds is 50. The van der Waals surface area contributed by atoms with Gasteiger partial charge >= 0.3 is 19.8 Å². The van der Waals surface area contributed by atoms with Gasteiger partial charge in [0.2, 0.25) is 0 Å². The normalized spacial score (nSPS) is 14.6. The molecule has 0 saturated carbocycles. The van der Waals surface area contributed by atoms with Crippen LogP contribution in [0.4, 0.5) is 0 Å². The highest BCUT2D eigenvalue weighted by Gasteiger charge is 2.27. The van der Waals surface area contributed by atoms with Crippen molar-refractivity contribution >= 4 is 19.8 Å². The Balaban J connectivity index is 4.27. The highest BCUT2D eigenvalue weighted by Crippen LogP contribution is 2.43. The second kappa shape index (κ2) is 55.1. The van der Waals surface area contributed by atoms with E-state index in [1.54, 1.807) is 0 Å².